The molecule has 0 aliphatic heterocycles. The molecule has 0 N–H and O–H groups in total. The van der Waals surface area contributed by atoms with Gasteiger partial charge in [-0.2, -0.15) is 5.26 Å². The maximum atomic E-state index is 9.25. The Balaban J connectivity index is 2.45. The van der Waals surface area contributed by atoms with Crippen molar-refractivity contribution in [2.45, 2.75) is 0 Å². The van der Waals surface area contributed by atoms with Crippen molar-refractivity contribution in [2.75, 3.05) is 7.11 Å². The summed E-state index contributed by atoms with van der Waals surface area (Å²) in [6.45, 7) is 0. The minimum absolute atomic E-state index is 0.625. The van der Waals surface area contributed by atoms with E-state index in [2.05, 4.69) is 6.07 Å². The predicted octanol–water partition coefficient (Wildman–Crippen LogP) is 3.76. The molecule has 2 aromatic rings. The molecule has 2 rings (SSSR count). The van der Waals surface area contributed by atoms with Gasteiger partial charge < -0.3 is 4.74 Å². The van der Waals surface area contributed by atoms with Crippen LogP contribution in [-0.4, -0.2) is 7.11 Å². The van der Waals surface area contributed by atoms with E-state index in [1.165, 1.54) is 0 Å². The number of para-hydroxylation sites is 1. The fourth-order valence-corrected chi connectivity index (χ4v) is 1.74. The number of nitriles is 1. The van der Waals surface area contributed by atoms with Gasteiger partial charge in [0.2, 0.25) is 0 Å². The number of hydrogen-bond donors (Lipinski definition) is 0. The lowest BCUT2D eigenvalue weighted by Crippen LogP contribution is -1.87. The minimum Gasteiger partial charge on any atom is -0.496 e. The van der Waals surface area contributed by atoms with Crippen LogP contribution >= 0.6 is 0 Å². The highest BCUT2D eigenvalue weighted by Crippen LogP contribution is 2.23. The Labute approximate surface area is 107 Å². The van der Waals surface area contributed by atoms with E-state index in [0.717, 1.165) is 16.9 Å². The van der Waals surface area contributed by atoms with Crippen LogP contribution in [0, 0.1) is 11.3 Å². The largest absolute Gasteiger partial charge is 0.496 e. The van der Waals surface area contributed by atoms with Crippen LogP contribution in [-0.2, 0) is 0 Å². The van der Waals surface area contributed by atoms with Gasteiger partial charge in [-0.1, -0.05) is 48.5 Å². The first-order valence-electron chi connectivity index (χ1n) is 5.65. The lowest BCUT2D eigenvalue weighted by molar-refractivity contribution is 0.414. The van der Waals surface area contributed by atoms with Crippen LogP contribution in [0.1, 0.15) is 11.1 Å². The highest BCUT2D eigenvalue weighted by molar-refractivity contribution is 5.90. The molecule has 2 heteroatoms. The third-order valence-electron chi connectivity index (χ3n) is 2.64. The maximum absolute atomic E-state index is 9.25. The van der Waals surface area contributed by atoms with E-state index in [4.69, 9.17) is 4.74 Å². The summed E-state index contributed by atoms with van der Waals surface area (Å²) >= 11 is 0. The Morgan fingerprint density at radius 3 is 2.39 bits per heavy atom. The highest BCUT2D eigenvalue weighted by Gasteiger charge is 2.03. The van der Waals surface area contributed by atoms with Crippen molar-refractivity contribution >= 4 is 11.6 Å². The summed E-state index contributed by atoms with van der Waals surface area (Å²) in [6, 6.07) is 19.5. The van der Waals surface area contributed by atoms with Crippen molar-refractivity contribution in [1.82, 2.24) is 0 Å². The first kappa shape index (κ1) is 11.9. The molecule has 0 unspecified atom stereocenters. The van der Waals surface area contributed by atoms with Crippen molar-refractivity contribution in [2.24, 2.45) is 0 Å². The van der Waals surface area contributed by atoms with Crippen molar-refractivity contribution in [3.05, 3.63) is 65.7 Å². The Bertz CT molecular complexity index is 594. The van der Waals surface area contributed by atoms with Gasteiger partial charge in [-0.15, -0.1) is 0 Å². The molecule has 2 nitrogen and oxygen atoms in total. The molecule has 0 saturated heterocycles. The first-order chi connectivity index (χ1) is 8.85. The van der Waals surface area contributed by atoms with E-state index in [0.29, 0.717) is 5.57 Å². The lowest BCUT2D eigenvalue weighted by atomic mass is 10.0. The molecule has 0 spiro atoms. The van der Waals surface area contributed by atoms with Crippen LogP contribution in [0.4, 0.5) is 0 Å². The molecule has 0 bridgehead atoms. The number of methoxy groups -OCH3 is 1. The van der Waals surface area contributed by atoms with Crippen LogP contribution in [0.5, 0.6) is 5.75 Å². The second-order valence-corrected chi connectivity index (χ2v) is 3.78. The van der Waals surface area contributed by atoms with Gasteiger partial charge in [0.1, 0.15) is 5.75 Å². The topological polar surface area (TPSA) is 33.0 Å². The van der Waals surface area contributed by atoms with E-state index in [1.54, 1.807) is 7.11 Å². The molecule has 88 valence electrons. The fraction of sp³-hybridized carbons (Fsp3) is 0.0625. The van der Waals surface area contributed by atoms with Crippen molar-refractivity contribution < 1.29 is 4.74 Å². The Hall–Kier alpha value is -2.53. The van der Waals surface area contributed by atoms with E-state index in [-0.39, 0.29) is 0 Å². The SMILES string of the molecule is COc1ccccc1C=C(C#N)c1ccccc1. The van der Waals surface area contributed by atoms with Gasteiger partial charge >= 0.3 is 0 Å². The third kappa shape index (κ3) is 2.58. The van der Waals surface area contributed by atoms with Gasteiger partial charge in [0, 0.05) is 5.56 Å². The van der Waals surface area contributed by atoms with Crippen LogP contribution < -0.4 is 4.74 Å². The molecule has 18 heavy (non-hydrogen) atoms. The summed E-state index contributed by atoms with van der Waals surface area (Å²) in [5.74, 6) is 0.765. The quantitative estimate of drug-likeness (QED) is 0.599. The average molecular weight is 235 g/mol. The van der Waals surface area contributed by atoms with Crippen LogP contribution in [0.25, 0.3) is 11.6 Å². The van der Waals surface area contributed by atoms with E-state index in [1.807, 2.05) is 60.7 Å². The van der Waals surface area contributed by atoms with E-state index < -0.39 is 0 Å². The number of ether oxygens (including phenoxy) is 1. The monoisotopic (exact) mass is 235 g/mol. The summed E-state index contributed by atoms with van der Waals surface area (Å²) in [4.78, 5) is 0. The third-order valence-corrected chi connectivity index (χ3v) is 2.64. The summed E-state index contributed by atoms with van der Waals surface area (Å²) < 4.78 is 5.27. The maximum Gasteiger partial charge on any atom is 0.126 e. The number of rotatable bonds is 3. The van der Waals surface area contributed by atoms with Gasteiger partial charge in [0.15, 0.2) is 0 Å². The van der Waals surface area contributed by atoms with Gasteiger partial charge in [-0.25, -0.2) is 0 Å². The fourth-order valence-electron chi connectivity index (χ4n) is 1.74. The molecular formula is C16H13NO. The van der Waals surface area contributed by atoms with Gasteiger partial charge in [-0.3, -0.25) is 0 Å². The zero-order valence-corrected chi connectivity index (χ0v) is 10.1. The second-order valence-electron chi connectivity index (χ2n) is 3.78. The summed E-state index contributed by atoms with van der Waals surface area (Å²) in [5.41, 5.74) is 2.44. The lowest BCUT2D eigenvalue weighted by Gasteiger charge is -2.05. The highest BCUT2D eigenvalue weighted by atomic mass is 16.5. The van der Waals surface area contributed by atoms with Crippen molar-refractivity contribution in [1.29, 1.82) is 5.26 Å². The number of benzene rings is 2. The van der Waals surface area contributed by atoms with Crippen LogP contribution in [0.2, 0.25) is 0 Å². The summed E-state index contributed by atoms with van der Waals surface area (Å²) in [5, 5.41) is 9.25. The molecule has 0 heterocycles. The Kier molecular flexibility index (Phi) is 3.78. The zero-order chi connectivity index (χ0) is 12.8. The van der Waals surface area contributed by atoms with E-state index >= 15 is 0 Å². The minimum atomic E-state index is 0.625. The average Bonchev–Trinajstić information content (AvgIpc) is 2.46. The molecule has 0 radical (unpaired) electrons. The smallest absolute Gasteiger partial charge is 0.126 e. The molecule has 0 amide bonds. The first-order valence-corrected chi connectivity index (χ1v) is 5.65. The Morgan fingerprint density at radius 2 is 1.72 bits per heavy atom. The van der Waals surface area contributed by atoms with Crippen molar-refractivity contribution in [3.8, 4) is 11.8 Å². The van der Waals surface area contributed by atoms with Gasteiger partial charge in [0.25, 0.3) is 0 Å². The molecule has 0 aromatic heterocycles. The van der Waals surface area contributed by atoms with Gasteiger partial charge in [-0.05, 0) is 17.7 Å². The Morgan fingerprint density at radius 1 is 1.06 bits per heavy atom. The second kappa shape index (κ2) is 5.70. The molecule has 0 aliphatic rings. The normalized spacial score (nSPS) is 10.8. The predicted molar refractivity (Wildman–Crippen MR) is 72.9 cm³/mol. The summed E-state index contributed by atoms with van der Waals surface area (Å²) in [6.07, 6.45) is 1.84. The number of hydrogen-bond acceptors (Lipinski definition) is 2. The van der Waals surface area contributed by atoms with Crippen LogP contribution in [0.3, 0.4) is 0 Å². The zero-order valence-electron chi connectivity index (χ0n) is 10.1. The molecule has 0 aliphatic carbocycles. The molecule has 0 fully saturated rings. The number of allylic oxidation sites excluding steroid dienone is 1. The summed E-state index contributed by atoms with van der Waals surface area (Å²) in [7, 11) is 1.63. The van der Waals surface area contributed by atoms with Crippen molar-refractivity contribution in [3.63, 3.8) is 0 Å². The van der Waals surface area contributed by atoms with Gasteiger partial charge in [0.05, 0.1) is 18.8 Å². The standard InChI is InChI=1S/C16H13NO/c1-18-16-10-6-5-9-14(16)11-15(12-17)13-7-3-2-4-8-13/h2-11H,1H3. The number of nitrogens with zero attached hydrogens (tertiary/aromatic N) is 1. The molecule has 0 atom stereocenters. The van der Waals surface area contributed by atoms with E-state index in [9.17, 15) is 5.26 Å². The van der Waals surface area contributed by atoms with Crippen LogP contribution in [0.15, 0.2) is 54.6 Å². The molecule has 2 aromatic carbocycles. The molecular weight excluding hydrogens is 222 g/mol. The molecule has 0 saturated carbocycles.